The highest BCUT2D eigenvalue weighted by Gasteiger charge is 2.12. The second-order valence-electron chi connectivity index (χ2n) is 5.20. The van der Waals surface area contributed by atoms with Crippen LogP contribution in [-0.4, -0.2) is 13.7 Å². The van der Waals surface area contributed by atoms with E-state index in [1.807, 2.05) is 30.3 Å². The maximum absolute atomic E-state index is 5.93. The van der Waals surface area contributed by atoms with Crippen molar-refractivity contribution in [1.29, 1.82) is 0 Å². The first-order valence-corrected chi connectivity index (χ1v) is 8.75. The molecule has 0 amide bonds. The van der Waals surface area contributed by atoms with Crippen molar-refractivity contribution in [3.63, 3.8) is 0 Å². The number of rotatable bonds is 8. The molecule has 0 aromatic heterocycles. The molecule has 0 atom stereocenters. The smallest absolute Gasteiger partial charge is 0.175 e. The summed E-state index contributed by atoms with van der Waals surface area (Å²) in [6, 6.07) is 11.7. The zero-order chi connectivity index (χ0) is 16.7. The first kappa shape index (κ1) is 21.1. The van der Waals surface area contributed by atoms with Gasteiger partial charge in [-0.3, -0.25) is 0 Å². The first-order valence-electron chi connectivity index (χ1n) is 7.58. The minimum atomic E-state index is 0. The molecule has 3 nitrogen and oxygen atoms in total. The third kappa shape index (κ3) is 6.17. The van der Waals surface area contributed by atoms with Gasteiger partial charge < -0.3 is 14.8 Å². The second kappa shape index (κ2) is 10.8. The average Bonchev–Trinajstić information content (AvgIpc) is 2.55. The molecule has 132 valence electrons. The number of hydrogen-bond donors (Lipinski definition) is 1. The SMILES string of the molecule is CCCNCc1cc(Br)c(OCc2ccc(Cl)cc2)c(OC)c1.Cl. The maximum atomic E-state index is 5.93. The molecular weight excluding hydrogens is 413 g/mol. The predicted octanol–water partition coefficient (Wildman–Crippen LogP) is 5.61. The molecule has 1 N–H and O–H groups in total. The number of hydrogen-bond acceptors (Lipinski definition) is 3. The molecule has 6 heteroatoms. The summed E-state index contributed by atoms with van der Waals surface area (Å²) in [5, 5.41) is 4.10. The van der Waals surface area contributed by atoms with Gasteiger partial charge in [0.05, 0.1) is 11.6 Å². The highest BCUT2D eigenvalue weighted by Crippen LogP contribution is 2.37. The molecular formula is C18H22BrCl2NO2. The average molecular weight is 435 g/mol. The highest BCUT2D eigenvalue weighted by molar-refractivity contribution is 9.10. The topological polar surface area (TPSA) is 30.5 Å². The summed E-state index contributed by atoms with van der Waals surface area (Å²) in [5.74, 6) is 1.43. The number of halogens is 3. The van der Waals surface area contributed by atoms with Crippen LogP contribution in [0.15, 0.2) is 40.9 Å². The Hall–Kier alpha value is -0.940. The zero-order valence-corrected chi connectivity index (χ0v) is 16.9. The van der Waals surface area contributed by atoms with Crippen LogP contribution in [0.3, 0.4) is 0 Å². The zero-order valence-electron chi connectivity index (χ0n) is 13.8. The standard InChI is InChI=1S/C18H21BrClNO2.ClH/c1-3-8-21-11-14-9-16(19)18(17(10-14)22-2)23-12-13-4-6-15(20)7-5-13;/h4-7,9-10,21H,3,8,11-12H2,1-2H3;1H. The summed E-state index contributed by atoms with van der Waals surface area (Å²) in [6.07, 6.45) is 1.11. The van der Waals surface area contributed by atoms with E-state index < -0.39 is 0 Å². The van der Waals surface area contributed by atoms with Crippen LogP contribution in [-0.2, 0) is 13.2 Å². The molecule has 0 saturated heterocycles. The summed E-state index contributed by atoms with van der Waals surface area (Å²) < 4.78 is 12.3. The molecule has 24 heavy (non-hydrogen) atoms. The molecule has 0 fully saturated rings. The van der Waals surface area contributed by atoms with Gasteiger partial charge >= 0.3 is 0 Å². The van der Waals surface area contributed by atoms with E-state index in [-0.39, 0.29) is 12.4 Å². The monoisotopic (exact) mass is 433 g/mol. The van der Waals surface area contributed by atoms with Crippen molar-refractivity contribution in [2.45, 2.75) is 26.5 Å². The van der Waals surface area contributed by atoms with Gasteiger partial charge in [0, 0.05) is 11.6 Å². The van der Waals surface area contributed by atoms with E-state index in [0.717, 1.165) is 45.9 Å². The summed E-state index contributed by atoms with van der Waals surface area (Å²) in [4.78, 5) is 0. The van der Waals surface area contributed by atoms with Gasteiger partial charge in [0.15, 0.2) is 11.5 Å². The number of ether oxygens (including phenoxy) is 2. The van der Waals surface area contributed by atoms with Crippen molar-refractivity contribution in [3.8, 4) is 11.5 Å². The maximum Gasteiger partial charge on any atom is 0.175 e. The van der Waals surface area contributed by atoms with Crippen LogP contribution < -0.4 is 14.8 Å². The largest absolute Gasteiger partial charge is 0.493 e. The lowest BCUT2D eigenvalue weighted by atomic mass is 10.2. The van der Waals surface area contributed by atoms with E-state index in [1.165, 1.54) is 0 Å². The van der Waals surface area contributed by atoms with Crippen LogP contribution in [0, 0.1) is 0 Å². The van der Waals surface area contributed by atoms with Gasteiger partial charge in [-0.2, -0.15) is 0 Å². The molecule has 2 rings (SSSR count). The Balaban J connectivity index is 0.00000288. The minimum Gasteiger partial charge on any atom is -0.493 e. The van der Waals surface area contributed by atoms with Crippen molar-refractivity contribution < 1.29 is 9.47 Å². The first-order chi connectivity index (χ1) is 11.1. The third-order valence-corrected chi connectivity index (χ3v) is 4.18. The lowest BCUT2D eigenvalue weighted by molar-refractivity contribution is 0.282. The van der Waals surface area contributed by atoms with Crippen molar-refractivity contribution >= 4 is 39.9 Å². The molecule has 0 heterocycles. The van der Waals surface area contributed by atoms with Gasteiger partial charge in [-0.1, -0.05) is 30.7 Å². The Morgan fingerprint density at radius 3 is 2.46 bits per heavy atom. The Morgan fingerprint density at radius 1 is 1.12 bits per heavy atom. The molecule has 2 aromatic carbocycles. The Morgan fingerprint density at radius 2 is 1.83 bits per heavy atom. The number of nitrogens with one attached hydrogen (secondary N) is 1. The summed E-state index contributed by atoms with van der Waals surface area (Å²) in [5.41, 5.74) is 2.21. The van der Waals surface area contributed by atoms with Crippen LogP contribution in [0.25, 0.3) is 0 Å². The Kier molecular flexibility index (Phi) is 9.52. The minimum absolute atomic E-state index is 0. The fraction of sp³-hybridized carbons (Fsp3) is 0.333. The van der Waals surface area contributed by atoms with Crippen LogP contribution in [0.5, 0.6) is 11.5 Å². The van der Waals surface area contributed by atoms with Gasteiger partial charge in [0.25, 0.3) is 0 Å². The molecule has 0 aliphatic carbocycles. The summed E-state index contributed by atoms with van der Waals surface area (Å²) >= 11 is 9.48. The molecule has 2 aromatic rings. The van der Waals surface area contributed by atoms with E-state index >= 15 is 0 Å². The lowest BCUT2D eigenvalue weighted by Crippen LogP contribution is -2.14. The van der Waals surface area contributed by atoms with Gasteiger partial charge in [0.2, 0.25) is 0 Å². The van der Waals surface area contributed by atoms with Crippen LogP contribution in [0.4, 0.5) is 0 Å². The summed E-state index contributed by atoms with van der Waals surface area (Å²) in [7, 11) is 1.65. The van der Waals surface area contributed by atoms with E-state index in [0.29, 0.717) is 12.4 Å². The van der Waals surface area contributed by atoms with Gasteiger partial charge in [-0.15, -0.1) is 12.4 Å². The van der Waals surface area contributed by atoms with Crippen molar-refractivity contribution in [1.82, 2.24) is 5.32 Å². The normalized spacial score (nSPS) is 10.2. The lowest BCUT2D eigenvalue weighted by Gasteiger charge is -2.15. The van der Waals surface area contributed by atoms with Crippen LogP contribution >= 0.6 is 39.9 Å². The Bertz CT molecular complexity index is 636. The molecule has 0 aliphatic rings. The molecule has 0 aliphatic heterocycles. The number of methoxy groups -OCH3 is 1. The molecule has 0 bridgehead atoms. The molecule has 0 spiro atoms. The number of benzene rings is 2. The summed E-state index contributed by atoms with van der Waals surface area (Å²) in [6.45, 7) is 4.41. The van der Waals surface area contributed by atoms with Crippen molar-refractivity contribution in [2.75, 3.05) is 13.7 Å². The third-order valence-electron chi connectivity index (χ3n) is 3.34. The van der Waals surface area contributed by atoms with E-state index in [2.05, 4.69) is 34.2 Å². The van der Waals surface area contributed by atoms with Crippen LogP contribution in [0.1, 0.15) is 24.5 Å². The highest BCUT2D eigenvalue weighted by atomic mass is 79.9. The van der Waals surface area contributed by atoms with Crippen molar-refractivity contribution in [2.24, 2.45) is 0 Å². The van der Waals surface area contributed by atoms with Gasteiger partial charge in [-0.25, -0.2) is 0 Å². The molecule has 0 radical (unpaired) electrons. The van der Waals surface area contributed by atoms with E-state index in [4.69, 9.17) is 21.1 Å². The predicted molar refractivity (Wildman–Crippen MR) is 106 cm³/mol. The quantitative estimate of drug-likeness (QED) is 0.547. The fourth-order valence-corrected chi connectivity index (χ4v) is 2.89. The Labute approximate surface area is 163 Å². The molecule has 0 unspecified atom stereocenters. The van der Waals surface area contributed by atoms with E-state index in [1.54, 1.807) is 7.11 Å². The van der Waals surface area contributed by atoms with Gasteiger partial charge in [0.1, 0.15) is 6.61 Å². The van der Waals surface area contributed by atoms with E-state index in [9.17, 15) is 0 Å². The fourth-order valence-electron chi connectivity index (χ4n) is 2.16. The van der Waals surface area contributed by atoms with Crippen molar-refractivity contribution in [3.05, 3.63) is 57.0 Å². The second-order valence-corrected chi connectivity index (χ2v) is 6.49. The van der Waals surface area contributed by atoms with Gasteiger partial charge in [-0.05, 0) is 64.3 Å². The molecule has 0 saturated carbocycles. The van der Waals surface area contributed by atoms with Crippen LogP contribution in [0.2, 0.25) is 5.02 Å².